The minimum absolute atomic E-state index is 0.553. The van der Waals surface area contributed by atoms with Crippen LogP contribution in [0.25, 0.3) is 0 Å². The fourth-order valence-corrected chi connectivity index (χ4v) is 2.18. The van der Waals surface area contributed by atoms with Crippen LogP contribution >= 0.6 is 11.6 Å². The van der Waals surface area contributed by atoms with Crippen molar-refractivity contribution >= 4 is 11.6 Å². The number of aryl methyl sites for hydroxylation is 2. The summed E-state index contributed by atoms with van der Waals surface area (Å²) in [5.41, 5.74) is 2.09. The van der Waals surface area contributed by atoms with Crippen molar-refractivity contribution in [3.8, 4) is 0 Å². The topological polar surface area (TPSA) is 29.9 Å². The monoisotopic (exact) mass is 269 g/mol. The molecule has 0 aliphatic carbocycles. The number of nitrogens with zero attached hydrogens (tertiary/aromatic N) is 2. The van der Waals surface area contributed by atoms with Gasteiger partial charge in [-0.25, -0.2) is 0 Å². The van der Waals surface area contributed by atoms with Gasteiger partial charge in [0.05, 0.1) is 16.4 Å². The van der Waals surface area contributed by atoms with Crippen LogP contribution in [0.3, 0.4) is 0 Å². The molecule has 1 heterocycles. The third kappa shape index (κ3) is 4.46. The van der Waals surface area contributed by atoms with Crippen molar-refractivity contribution in [1.29, 1.82) is 0 Å². The molecule has 1 N–H and O–H groups in total. The molecule has 0 saturated heterocycles. The number of halogens is 1. The summed E-state index contributed by atoms with van der Waals surface area (Å²) in [6.07, 6.45) is 7.15. The molecular formula is C14H24ClN3. The first-order valence-electron chi connectivity index (χ1n) is 6.64. The zero-order chi connectivity index (χ0) is 13.5. The molecule has 0 radical (unpaired) electrons. The largest absolute Gasteiger partial charge is 0.314 e. The molecule has 18 heavy (non-hydrogen) atoms. The standard InChI is InChI=1S/C14H24ClN3/c1-5-12-14(15)13(18(4)17-12)9-7-6-8-10-16-11(2)3/h6-7,11,16H,5,8-10H2,1-4H3. The predicted molar refractivity (Wildman–Crippen MR) is 78.2 cm³/mol. The molecule has 0 aliphatic heterocycles. The lowest BCUT2D eigenvalue weighted by Gasteiger charge is -2.04. The minimum Gasteiger partial charge on any atom is -0.314 e. The number of allylic oxidation sites excluding steroid dienone is 1. The molecule has 0 aromatic carbocycles. The van der Waals surface area contributed by atoms with Gasteiger partial charge in [0.25, 0.3) is 0 Å². The number of hydrogen-bond donors (Lipinski definition) is 1. The highest BCUT2D eigenvalue weighted by Gasteiger charge is 2.10. The van der Waals surface area contributed by atoms with Gasteiger partial charge in [0.2, 0.25) is 0 Å². The number of rotatable bonds is 7. The SMILES string of the molecule is CCc1nn(C)c(CC=CCCNC(C)C)c1Cl. The van der Waals surface area contributed by atoms with E-state index in [1.165, 1.54) is 0 Å². The fraction of sp³-hybridized carbons (Fsp3) is 0.643. The summed E-state index contributed by atoms with van der Waals surface area (Å²) >= 11 is 6.28. The Morgan fingerprint density at radius 3 is 2.67 bits per heavy atom. The first-order valence-corrected chi connectivity index (χ1v) is 7.02. The average Bonchev–Trinajstić information content (AvgIpc) is 2.59. The van der Waals surface area contributed by atoms with E-state index in [9.17, 15) is 0 Å². The molecule has 0 unspecified atom stereocenters. The lowest BCUT2D eigenvalue weighted by Crippen LogP contribution is -2.23. The molecule has 0 bridgehead atoms. The molecule has 0 aliphatic rings. The third-order valence-corrected chi connectivity index (χ3v) is 3.28. The van der Waals surface area contributed by atoms with E-state index in [1.807, 2.05) is 11.7 Å². The van der Waals surface area contributed by atoms with Crippen LogP contribution in [0.15, 0.2) is 12.2 Å². The van der Waals surface area contributed by atoms with Crippen LogP contribution in [-0.4, -0.2) is 22.4 Å². The van der Waals surface area contributed by atoms with Gasteiger partial charge in [-0.05, 0) is 19.4 Å². The zero-order valence-electron chi connectivity index (χ0n) is 11.8. The van der Waals surface area contributed by atoms with E-state index in [-0.39, 0.29) is 0 Å². The van der Waals surface area contributed by atoms with Crippen molar-refractivity contribution in [2.24, 2.45) is 7.05 Å². The third-order valence-electron chi connectivity index (χ3n) is 2.84. The Labute approximate surface area is 115 Å². The summed E-state index contributed by atoms with van der Waals surface area (Å²) in [5.74, 6) is 0. The molecule has 0 amide bonds. The van der Waals surface area contributed by atoms with Gasteiger partial charge >= 0.3 is 0 Å². The molecule has 4 heteroatoms. The molecule has 102 valence electrons. The summed E-state index contributed by atoms with van der Waals surface area (Å²) in [6, 6.07) is 0.553. The highest BCUT2D eigenvalue weighted by Crippen LogP contribution is 2.21. The van der Waals surface area contributed by atoms with Crippen molar-refractivity contribution in [1.82, 2.24) is 15.1 Å². The summed E-state index contributed by atoms with van der Waals surface area (Å²) < 4.78 is 1.89. The van der Waals surface area contributed by atoms with Crippen LogP contribution in [-0.2, 0) is 19.9 Å². The lowest BCUT2D eigenvalue weighted by atomic mass is 10.2. The summed E-state index contributed by atoms with van der Waals surface area (Å²) in [7, 11) is 1.95. The highest BCUT2D eigenvalue weighted by molar-refractivity contribution is 6.31. The Hall–Kier alpha value is -0.800. The number of hydrogen-bond acceptors (Lipinski definition) is 2. The first kappa shape index (κ1) is 15.3. The van der Waals surface area contributed by atoms with Gasteiger partial charge < -0.3 is 5.32 Å². The van der Waals surface area contributed by atoms with Gasteiger partial charge in [-0.3, -0.25) is 4.68 Å². The molecule has 1 aromatic heterocycles. The Kier molecular flexibility index (Phi) is 6.44. The van der Waals surface area contributed by atoms with Crippen LogP contribution in [0.2, 0.25) is 5.02 Å². The van der Waals surface area contributed by atoms with E-state index in [0.717, 1.165) is 42.2 Å². The van der Waals surface area contributed by atoms with Crippen molar-refractivity contribution in [3.05, 3.63) is 28.6 Å². The van der Waals surface area contributed by atoms with Gasteiger partial charge in [-0.1, -0.05) is 44.5 Å². The predicted octanol–water partition coefficient (Wildman–Crippen LogP) is 3.12. The summed E-state index contributed by atoms with van der Waals surface area (Å²) in [5, 5.41) is 8.61. The molecule has 0 fully saturated rings. The second-order valence-electron chi connectivity index (χ2n) is 4.76. The van der Waals surface area contributed by atoms with Gasteiger partial charge in [-0.2, -0.15) is 5.10 Å². The second kappa shape index (κ2) is 7.59. The highest BCUT2D eigenvalue weighted by atomic mass is 35.5. The van der Waals surface area contributed by atoms with Crippen molar-refractivity contribution in [2.75, 3.05) is 6.54 Å². The molecular weight excluding hydrogens is 246 g/mol. The van der Waals surface area contributed by atoms with Crippen LogP contribution in [0.4, 0.5) is 0 Å². The molecule has 1 aromatic rings. The van der Waals surface area contributed by atoms with Crippen LogP contribution in [0, 0.1) is 0 Å². The van der Waals surface area contributed by atoms with Crippen LogP contribution in [0.5, 0.6) is 0 Å². The number of nitrogens with one attached hydrogen (secondary N) is 1. The summed E-state index contributed by atoms with van der Waals surface area (Å²) in [6.45, 7) is 7.41. The zero-order valence-corrected chi connectivity index (χ0v) is 12.6. The smallest absolute Gasteiger partial charge is 0.0852 e. The maximum Gasteiger partial charge on any atom is 0.0852 e. The minimum atomic E-state index is 0.553. The van der Waals surface area contributed by atoms with E-state index in [0.29, 0.717) is 6.04 Å². The van der Waals surface area contributed by atoms with Crippen LogP contribution in [0.1, 0.15) is 38.6 Å². The first-order chi connectivity index (χ1) is 8.56. The Bertz CT molecular complexity index is 394. The van der Waals surface area contributed by atoms with Crippen molar-refractivity contribution in [2.45, 2.75) is 46.1 Å². The molecule has 1 rings (SSSR count). The molecule has 0 atom stereocenters. The number of aromatic nitrogens is 2. The van der Waals surface area contributed by atoms with Gasteiger partial charge in [0.1, 0.15) is 0 Å². The second-order valence-corrected chi connectivity index (χ2v) is 5.14. The average molecular weight is 270 g/mol. The van der Waals surface area contributed by atoms with E-state index in [2.05, 4.69) is 43.3 Å². The van der Waals surface area contributed by atoms with E-state index >= 15 is 0 Å². The quantitative estimate of drug-likeness (QED) is 0.609. The maximum atomic E-state index is 6.28. The Morgan fingerprint density at radius 2 is 2.11 bits per heavy atom. The normalized spacial score (nSPS) is 11.9. The summed E-state index contributed by atoms with van der Waals surface area (Å²) in [4.78, 5) is 0. The van der Waals surface area contributed by atoms with E-state index in [4.69, 9.17) is 11.6 Å². The van der Waals surface area contributed by atoms with E-state index in [1.54, 1.807) is 0 Å². The molecule has 0 spiro atoms. The molecule has 0 saturated carbocycles. The van der Waals surface area contributed by atoms with Crippen molar-refractivity contribution in [3.63, 3.8) is 0 Å². The van der Waals surface area contributed by atoms with Gasteiger partial charge in [0.15, 0.2) is 0 Å². The lowest BCUT2D eigenvalue weighted by molar-refractivity contribution is 0.594. The molecule has 3 nitrogen and oxygen atoms in total. The van der Waals surface area contributed by atoms with Crippen LogP contribution < -0.4 is 5.32 Å². The Morgan fingerprint density at radius 1 is 1.39 bits per heavy atom. The van der Waals surface area contributed by atoms with Crippen molar-refractivity contribution < 1.29 is 0 Å². The fourth-order valence-electron chi connectivity index (χ4n) is 1.81. The van der Waals surface area contributed by atoms with Gasteiger partial charge in [-0.15, -0.1) is 0 Å². The Balaban J connectivity index is 2.43. The maximum absolute atomic E-state index is 6.28. The van der Waals surface area contributed by atoms with Gasteiger partial charge in [0, 0.05) is 19.5 Å². The van der Waals surface area contributed by atoms with E-state index < -0.39 is 0 Å².